The lowest BCUT2D eigenvalue weighted by atomic mass is 9.98. The zero-order valence-corrected chi connectivity index (χ0v) is 15.6. The zero-order valence-electron chi connectivity index (χ0n) is 14.0. The average molecular weight is 353 g/mol. The van der Waals surface area contributed by atoms with E-state index in [-0.39, 0.29) is 5.56 Å². The third kappa shape index (κ3) is 3.80. The number of hydrogen-bond acceptors (Lipinski definition) is 5. The first-order valence-electron chi connectivity index (χ1n) is 8.35. The highest BCUT2D eigenvalue weighted by Gasteiger charge is 2.19. The summed E-state index contributed by atoms with van der Waals surface area (Å²) in [6.07, 6.45) is 4.62. The lowest BCUT2D eigenvalue weighted by Crippen LogP contribution is -2.13. The molecule has 126 valence electrons. The van der Waals surface area contributed by atoms with Crippen LogP contribution in [0.5, 0.6) is 0 Å². The van der Waals surface area contributed by atoms with Crippen LogP contribution >= 0.6 is 23.1 Å². The van der Waals surface area contributed by atoms with Crippen molar-refractivity contribution in [2.45, 2.75) is 57.7 Å². The third-order valence-electron chi connectivity index (χ3n) is 4.52. The molecule has 1 N–H and O–H groups in total. The summed E-state index contributed by atoms with van der Waals surface area (Å²) < 4.78 is 5.63. The lowest BCUT2D eigenvalue weighted by molar-refractivity contribution is 0.129. The maximum atomic E-state index is 12.6. The van der Waals surface area contributed by atoms with Crippen LogP contribution in [0.25, 0.3) is 10.2 Å². The molecule has 0 radical (unpaired) electrons. The standard InChI is InChI=1S/C17H24N2O2S2/c1-4-10(2)8-13-11(3)23-16-14(13)15(20)18-17(19-16)22-9-12-6-5-7-21-12/h10,12H,4-9H2,1-3H3,(H,18,19,20)/t10-,12-/m1/s1. The number of aromatic amines is 1. The first-order valence-corrected chi connectivity index (χ1v) is 10.1. The van der Waals surface area contributed by atoms with E-state index in [9.17, 15) is 4.79 Å². The van der Waals surface area contributed by atoms with E-state index >= 15 is 0 Å². The highest BCUT2D eigenvalue weighted by atomic mass is 32.2. The minimum atomic E-state index is 0.00694. The number of thiophene rings is 1. The second-order valence-electron chi connectivity index (χ2n) is 6.35. The zero-order chi connectivity index (χ0) is 16.4. The summed E-state index contributed by atoms with van der Waals surface area (Å²) in [5.41, 5.74) is 1.19. The highest BCUT2D eigenvalue weighted by molar-refractivity contribution is 7.99. The number of H-pyrrole nitrogens is 1. The monoisotopic (exact) mass is 352 g/mol. The van der Waals surface area contributed by atoms with Gasteiger partial charge in [0.2, 0.25) is 0 Å². The molecule has 4 nitrogen and oxygen atoms in total. The minimum absolute atomic E-state index is 0.00694. The molecular weight excluding hydrogens is 328 g/mol. The normalized spacial score (nSPS) is 19.5. The van der Waals surface area contributed by atoms with Crippen LogP contribution in [0.2, 0.25) is 0 Å². The molecule has 23 heavy (non-hydrogen) atoms. The second kappa shape index (κ2) is 7.36. The first kappa shape index (κ1) is 17.0. The van der Waals surface area contributed by atoms with E-state index in [0.29, 0.717) is 17.2 Å². The van der Waals surface area contributed by atoms with Gasteiger partial charge in [-0.25, -0.2) is 4.98 Å². The number of hydrogen-bond donors (Lipinski definition) is 1. The molecule has 6 heteroatoms. The van der Waals surface area contributed by atoms with E-state index in [1.165, 1.54) is 10.4 Å². The number of nitrogens with zero attached hydrogens (tertiary/aromatic N) is 1. The Labute approximate surface area is 145 Å². The Kier molecular flexibility index (Phi) is 5.44. The Bertz CT molecular complexity index is 732. The molecule has 0 bridgehead atoms. The predicted molar refractivity (Wildman–Crippen MR) is 97.8 cm³/mol. The molecule has 0 amide bonds. The quantitative estimate of drug-likeness (QED) is 0.627. The maximum absolute atomic E-state index is 12.6. The molecule has 1 saturated heterocycles. The molecule has 3 heterocycles. The van der Waals surface area contributed by atoms with Gasteiger partial charge in [0.1, 0.15) is 4.83 Å². The van der Waals surface area contributed by atoms with E-state index in [1.54, 1.807) is 23.1 Å². The Balaban J connectivity index is 1.85. The number of aryl methyl sites for hydroxylation is 1. The molecule has 2 atom stereocenters. The van der Waals surface area contributed by atoms with Crippen LogP contribution in [0.4, 0.5) is 0 Å². The van der Waals surface area contributed by atoms with Crippen molar-refractivity contribution in [3.63, 3.8) is 0 Å². The van der Waals surface area contributed by atoms with Crippen molar-refractivity contribution in [2.75, 3.05) is 12.4 Å². The third-order valence-corrected chi connectivity index (χ3v) is 6.57. The van der Waals surface area contributed by atoms with Gasteiger partial charge in [-0.15, -0.1) is 11.3 Å². The van der Waals surface area contributed by atoms with Crippen molar-refractivity contribution in [3.05, 3.63) is 20.8 Å². The van der Waals surface area contributed by atoms with Crippen LogP contribution in [0.3, 0.4) is 0 Å². The Hall–Kier alpha value is -0.850. The van der Waals surface area contributed by atoms with Crippen LogP contribution in [-0.4, -0.2) is 28.4 Å². The molecule has 2 aromatic rings. The molecule has 0 aliphatic carbocycles. The summed E-state index contributed by atoms with van der Waals surface area (Å²) in [4.78, 5) is 22.3. The van der Waals surface area contributed by atoms with Gasteiger partial charge in [0.15, 0.2) is 5.16 Å². The topological polar surface area (TPSA) is 55.0 Å². The average Bonchev–Trinajstić information content (AvgIpc) is 3.14. The van der Waals surface area contributed by atoms with Gasteiger partial charge in [0, 0.05) is 17.2 Å². The van der Waals surface area contributed by atoms with Gasteiger partial charge in [0.05, 0.1) is 11.5 Å². The summed E-state index contributed by atoms with van der Waals surface area (Å²) in [6.45, 7) is 7.38. The molecule has 0 unspecified atom stereocenters. The Morgan fingerprint density at radius 3 is 3.04 bits per heavy atom. The molecule has 0 spiro atoms. The largest absolute Gasteiger partial charge is 0.377 e. The fourth-order valence-corrected chi connectivity index (χ4v) is 4.95. The summed E-state index contributed by atoms with van der Waals surface area (Å²) in [5.74, 6) is 1.44. The van der Waals surface area contributed by atoms with Crippen LogP contribution in [0.1, 0.15) is 43.6 Å². The van der Waals surface area contributed by atoms with Gasteiger partial charge in [-0.3, -0.25) is 4.79 Å². The van der Waals surface area contributed by atoms with Gasteiger partial charge in [-0.2, -0.15) is 0 Å². The van der Waals surface area contributed by atoms with E-state index in [2.05, 4.69) is 30.7 Å². The molecule has 0 saturated carbocycles. The van der Waals surface area contributed by atoms with Gasteiger partial charge in [0.25, 0.3) is 5.56 Å². The van der Waals surface area contributed by atoms with Gasteiger partial charge >= 0.3 is 0 Å². The first-order chi connectivity index (χ1) is 11.1. The summed E-state index contributed by atoms with van der Waals surface area (Å²) in [6, 6.07) is 0. The molecule has 1 fully saturated rings. The summed E-state index contributed by atoms with van der Waals surface area (Å²) in [5, 5.41) is 1.52. The van der Waals surface area contributed by atoms with Crippen LogP contribution in [-0.2, 0) is 11.2 Å². The molecule has 0 aromatic carbocycles. The van der Waals surface area contributed by atoms with E-state index < -0.39 is 0 Å². The Morgan fingerprint density at radius 2 is 2.35 bits per heavy atom. The number of fused-ring (bicyclic) bond motifs is 1. The van der Waals surface area contributed by atoms with Gasteiger partial charge in [-0.05, 0) is 37.7 Å². The van der Waals surface area contributed by atoms with Crippen molar-refractivity contribution >= 4 is 33.3 Å². The molecule has 3 rings (SSSR count). The summed E-state index contributed by atoms with van der Waals surface area (Å²) in [7, 11) is 0. The number of ether oxygens (including phenoxy) is 1. The van der Waals surface area contributed by atoms with Crippen LogP contribution in [0.15, 0.2) is 9.95 Å². The molecule has 2 aromatic heterocycles. The number of thioether (sulfide) groups is 1. The van der Waals surface area contributed by atoms with Gasteiger partial charge < -0.3 is 9.72 Å². The molecule has 1 aliphatic rings. The second-order valence-corrected chi connectivity index (χ2v) is 8.56. The fraction of sp³-hybridized carbons (Fsp3) is 0.647. The fourth-order valence-electron chi connectivity index (χ4n) is 2.91. The van der Waals surface area contributed by atoms with Crippen molar-refractivity contribution in [2.24, 2.45) is 5.92 Å². The van der Waals surface area contributed by atoms with Gasteiger partial charge in [-0.1, -0.05) is 32.0 Å². The molecule has 1 aliphatic heterocycles. The highest BCUT2D eigenvalue weighted by Crippen LogP contribution is 2.31. The number of nitrogens with one attached hydrogen (secondary N) is 1. The van der Waals surface area contributed by atoms with Crippen LogP contribution in [0, 0.1) is 12.8 Å². The lowest BCUT2D eigenvalue weighted by Gasteiger charge is -2.09. The Morgan fingerprint density at radius 1 is 1.52 bits per heavy atom. The van der Waals surface area contributed by atoms with Crippen molar-refractivity contribution < 1.29 is 4.74 Å². The van der Waals surface area contributed by atoms with Crippen LogP contribution < -0.4 is 5.56 Å². The van der Waals surface area contributed by atoms with E-state index in [0.717, 1.165) is 48.3 Å². The van der Waals surface area contributed by atoms with Crippen molar-refractivity contribution in [1.29, 1.82) is 0 Å². The summed E-state index contributed by atoms with van der Waals surface area (Å²) >= 11 is 3.24. The minimum Gasteiger partial charge on any atom is -0.377 e. The van der Waals surface area contributed by atoms with E-state index in [4.69, 9.17) is 4.74 Å². The predicted octanol–water partition coefficient (Wildman–Crippen LogP) is 4.15. The maximum Gasteiger partial charge on any atom is 0.260 e. The smallest absolute Gasteiger partial charge is 0.260 e. The molecular formula is C17H24N2O2S2. The number of aromatic nitrogens is 2. The number of rotatable bonds is 6. The SMILES string of the molecule is CC[C@@H](C)Cc1c(C)sc2nc(SC[C@H]3CCCO3)[nH]c(=O)c12. The van der Waals surface area contributed by atoms with E-state index in [1.807, 2.05) is 0 Å². The van der Waals surface area contributed by atoms with Crippen molar-refractivity contribution in [3.8, 4) is 0 Å². The van der Waals surface area contributed by atoms with Crippen molar-refractivity contribution in [1.82, 2.24) is 9.97 Å².